The second-order valence-corrected chi connectivity index (χ2v) is 3.74. The predicted octanol–water partition coefficient (Wildman–Crippen LogP) is 2.75. The van der Waals surface area contributed by atoms with Gasteiger partial charge in [-0.1, -0.05) is 30.3 Å². The van der Waals surface area contributed by atoms with Crippen LogP contribution < -0.4 is 0 Å². The molecule has 0 spiro atoms. The monoisotopic (exact) mass is 242 g/mol. The number of carboxylic acids is 2. The van der Waals surface area contributed by atoms with Crippen molar-refractivity contribution in [1.29, 1.82) is 0 Å². The predicted molar refractivity (Wildman–Crippen MR) is 65.8 cm³/mol. The molecule has 0 heterocycles. The van der Waals surface area contributed by atoms with Gasteiger partial charge in [0.15, 0.2) is 0 Å². The van der Waals surface area contributed by atoms with Gasteiger partial charge >= 0.3 is 11.9 Å². The average Bonchev–Trinajstić information content (AvgIpc) is 2.39. The van der Waals surface area contributed by atoms with Gasteiger partial charge in [-0.3, -0.25) is 0 Å². The molecule has 90 valence electrons. The van der Waals surface area contributed by atoms with E-state index in [2.05, 4.69) is 0 Å². The van der Waals surface area contributed by atoms with Crippen LogP contribution in [0.15, 0.2) is 48.5 Å². The van der Waals surface area contributed by atoms with Gasteiger partial charge in [0.25, 0.3) is 0 Å². The Balaban J connectivity index is 2.58. The van der Waals surface area contributed by atoms with Gasteiger partial charge < -0.3 is 10.2 Å². The molecule has 0 aromatic heterocycles. The first-order chi connectivity index (χ1) is 8.59. The summed E-state index contributed by atoms with van der Waals surface area (Å²) in [6, 6.07) is 12.7. The van der Waals surface area contributed by atoms with E-state index in [1.807, 2.05) is 0 Å². The maximum atomic E-state index is 11.1. The minimum atomic E-state index is -1.04. The van der Waals surface area contributed by atoms with Crippen LogP contribution in [-0.2, 0) is 0 Å². The van der Waals surface area contributed by atoms with Crippen molar-refractivity contribution in [2.24, 2.45) is 0 Å². The van der Waals surface area contributed by atoms with E-state index in [0.717, 1.165) is 0 Å². The summed E-state index contributed by atoms with van der Waals surface area (Å²) in [5.41, 5.74) is 1.37. The standard InChI is InChI=1S/C14H10O4/c15-13(16)10-5-3-4-9(8-10)11-6-1-2-7-12(11)14(17)18/h1-8H,(H,15,16)(H,17,18). The molecule has 0 amide bonds. The van der Waals surface area contributed by atoms with Gasteiger partial charge in [0.1, 0.15) is 0 Å². The second kappa shape index (κ2) is 4.71. The van der Waals surface area contributed by atoms with Crippen molar-refractivity contribution in [2.45, 2.75) is 0 Å². The quantitative estimate of drug-likeness (QED) is 0.867. The van der Waals surface area contributed by atoms with Crippen LogP contribution in [0.5, 0.6) is 0 Å². The van der Waals surface area contributed by atoms with Crippen LogP contribution in [0.25, 0.3) is 11.1 Å². The van der Waals surface area contributed by atoms with E-state index >= 15 is 0 Å². The molecule has 0 atom stereocenters. The molecule has 0 bridgehead atoms. The van der Waals surface area contributed by atoms with Gasteiger partial charge in [-0.05, 0) is 29.3 Å². The van der Waals surface area contributed by atoms with Gasteiger partial charge in [0.05, 0.1) is 11.1 Å². The van der Waals surface area contributed by atoms with Crippen LogP contribution in [0.3, 0.4) is 0 Å². The average molecular weight is 242 g/mol. The molecule has 0 aliphatic heterocycles. The largest absolute Gasteiger partial charge is 0.478 e. The maximum absolute atomic E-state index is 11.1. The van der Waals surface area contributed by atoms with Crippen molar-refractivity contribution in [3.63, 3.8) is 0 Å². The normalized spacial score (nSPS) is 10.0. The molecular weight excluding hydrogens is 232 g/mol. The Morgan fingerprint density at radius 3 is 2.22 bits per heavy atom. The molecule has 2 aromatic rings. The third-order valence-electron chi connectivity index (χ3n) is 2.58. The fourth-order valence-corrected chi connectivity index (χ4v) is 1.74. The first-order valence-electron chi connectivity index (χ1n) is 5.25. The first kappa shape index (κ1) is 11.9. The minimum Gasteiger partial charge on any atom is -0.478 e. The fourth-order valence-electron chi connectivity index (χ4n) is 1.74. The van der Waals surface area contributed by atoms with Gasteiger partial charge in [0, 0.05) is 0 Å². The fraction of sp³-hybridized carbons (Fsp3) is 0. The molecule has 0 unspecified atom stereocenters. The van der Waals surface area contributed by atoms with Crippen LogP contribution in [-0.4, -0.2) is 22.2 Å². The van der Waals surface area contributed by atoms with Gasteiger partial charge in [0.2, 0.25) is 0 Å². The number of carboxylic acid groups (broad SMARTS) is 2. The smallest absolute Gasteiger partial charge is 0.336 e. The summed E-state index contributed by atoms with van der Waals surface area (Å²) in [5, 5.41) is 18.0. The number of hydrogen-bond donors (Lipinski definition) is 2. The molecule has 0 fully saturated rings. The lowest BCUT2D eigenvalue weighted by atomic mass is 9.98. The molecule has 18 heavy (non-hydrogen) atoms. The molecule has 2 aromatic carbocycles. The highest BCUT2D eigenvalue weighted by Gasteiger charge is 2.12. The van der Waals surface area contributed by atoms with Crippen LogP contribution in [0.4, 0.5) is 0 Å². The van der Waals surface area contributed by atoms with Crippen LogP contribution in [0, 0.1) is 0 Å². The van der Waals surface area contributed by atoms with Crippen molar-refractivity contribution >= 4 is 11.9 Å². The van der Waals surface area contributed by atoms with Gasteiger partial charge in [-0.25, -0.2) is 9.59 Å². The third kappa shape index (κ3) is 2.22. The molecule has 0 aliphatic carbocycles. The summed E-state index contributed by atoms with van der Waals surface area (Å²) in [6.45, 7) is 0. The Kier molecular flexibility index (Phi) is 3.10. The SMILES string of the molecule is O=C(O)c1cccc(-c2ccccc2C(=O)O)c1. The van der Waals surface area contributed by atoms with E-state index in [4.69, 9.17) is 10.2 Å². The molecule has 0 radical (unpaired) electrons. The van der Waals surface area contributed by atoms with E-state index < -0.39 is 11.9 Å². The molecular formula is C14H10O4. The molecule has 2 N–H and O–H groups in total. The van der Waals surface area contributed by atoms with E-state index in [9.17, 15) is 9.59 Å². The summed E-state index contributed by atoms with van der Waals surface area (Å²) >= 11 is 0. The number of rotatable bonds is 3. The number of aromatic carboxylic acids is 2. The maximum Gasteiger partial charge on any atom is 0.336 e. The van der Waals surface area contributed by atoms with Crippen LogP contribution in [0.1, 0.15) is 20.7 Å². The van der Waals surface area contributed by atoms with E-state index in [1.165, 1.54) is 18.2 Å². The number of carbonyl (C=O) groups is 2. The highest BCUT2D eigenvalue weighted by atomic mass is 16.4. The molecule has 4 nitrogen and oxygen atoms in total. The highest BCUT2D eigenvalue weighted by molar-refractivity contribution is 5.97. The summed E-state index contributed by atoms with van der Waals surface area (Å²) in [5.74, 6) is -2.07. The molecule has 4 heteroatoms. The van der Waals surface area contributed by atoms with Crippen molar-refractivity contribution in [3.05, 3.63) is 59.7 Å². The van der Waals surface area contributed by atoms with Crippen molar-refractivity contribution in [1.82, 2.24) is 0 Å². The topological polar surface area (TPSA) is 74.6 Å². The zero-order valence-corrected chi connectivity index (χ0v) is 9.33. The molecule has 0 aliphatic rings. The summed E-state index contributed by atoms with van der Waals surface area (Å²) in [4.78, 5) is 22.0. The Morgan fingerprint density at radius 1 is 0.833 bits per heavy atom. The lowest BCUT2D eigenvalue weighted by Crippen LogP contribution is -2.00. The van der Waals surface area contributed by atoms with E-state index in [1.54, 1.807) is 30.3 Å². The van der Waals surface area contributed by atoms with Crippen LogP contribution in [0.2, 0.25) is 0 Å². The lowest BCUT2D eigenvalue weighted by molar-refractivity contribution is 0.0687. The summed E-state index contributed by atoms with van der Waals surface area (Å²) in [7, 11) is 0. The molecule has 0 saturated carbocycles. The highest BCUT2D eigenvalue weighted by Crippen LogP contribution is 2.24. The number of hydrogen-bond acceptors (Lipinski definition) is 2. The Hall–Kier alpha value is -2.62. The van der Waals surface area contributed by atoms with Gasteiger partial charge in [-0.2, -0.15) is 0 Å². The van der Waals surface area contributed by atoms with E-state index in [-0.39, 0.29) is 11.1 Å². The minimum absolute atomic E-state index is 0.132. The second-order valence-electron chi connectivity index (χ2n) is 3.74. The zero-order chi connectivity index (χ0) is 13.1. The molecule has 2 rings (SSSR count). The van der Waals surface area contributed by atoms with Crippen molar-refractivity contribution < 1.29 is 19.8 Å². The zero-order valence-electron chi connectivity index (χ0n) is 9.33. The Morgan fingerprint density at radius 2 is 1.56 bits per heavy atom. The summed E-state index contributed by atoms with van der Waals surface area (Å²) < 4.78 is 0. The van der Waals surface area contributed by atoms with Crippen molar-refractivity contribution in [3.8, 4) is 11.1 Å². The lowest BCUT2D eigenvalue weighted by Gasteiger charge is -2.06. The first-order valence-corrected chi connectivity index (χ1v) is 5.25. The molecule has 0 saturated heterocycles. The van der Waals surface area contributed by atoms with Crippen molar-refractivity contribution in [2.75, 3.05) is 0 Å². The number of benzene rings is 2. The van der Waals surface area contributed by atoms with E-state index in [0.29, 0.717) is 11.1 Å². The Labute approximate surface area is 103 Å². The Bertz CT molecular complexity index is 617. The van der Waals surface area contributed by atoms with Crippen LogP contribution >= 0.6 is 0 Å². The summed E-state index contributed by atoms with van der Waals surface area (Å²) in [6.07, 6.45) is 0. The third-order valence-corrected chi connectivity index (χ3v) is 2.58. The van der Waals surface area contributed by atoms with Gasteiger partial charge in [-0.15, -0.1) is 0 Å².